The number of methoxy groups -OCH3 is 1. The summed E-state index contributed by atoms with van der Waals surface area (Å²) in [7, 11) is 1.27. The first-order valence-corrected chi connectivity index (χ1v) is 13.5. The van der Waals surface area contributed by atoms with Crippen LogP contribution in [0.25, 0.3) is 0 Å². The van der Waals surface area contributed by atoms with Gasteiger partial charge in [-0.1, -0.05) is 23.7 Å². The van der Waals surface area contributed by atoms with Gasteiger partial charge in [0.1, 0.15) is 5.82 Å². The molecule has 0 spiro atoms. The zero-order valence-corrected chi connectivity index (χ0v) is 22.3. The number of nitrogens with one attached hydrogen (secondary N) is 2. The number of nitrogens with two attached hydrogens (primary N) is 1. The highest BCUT2D eigenvalue weighted by Crippen LogP contribution is 2.41. The van der Waals surface area contributed by atoms with Crippen molar-refractivity contribution in [1.82, 2.24) is 15.5 Å². The second-order valence-electron chi connectivity index (χ2n) is 10.0. The first kappa shape index (κ1) is 29.4. The lowest BCUT2D eigenvalue weighted by Crippen LogP contribution is -2.52. The standard InChI is InChI=1S/C26H40ClFN4O5/c1-36-25(34)30-12-6-11-26(35,21-9-4-10-22(27)23(21)28)18-7-5-13-32(17-18)24(33)31-16-19(29)15-20-8-2-3-14-37-20/h4,9-10,18-20,35H,2-3,5-8,11-17,29H2,1H3,(H,30,34)(H,31,33)/t18-,19+,20?,26+/m1/s1. The van der Waals surface area contributed by atoms with Gasteiger partial charge in [-0.05, 0) is 57.4 Å². The van der Waals surface area contributed by atoms with E-state index in [1.54, 1.807) is 11.0 Å². The molecule has 3 amide bonds. The molecule has 208 valence electrons. The minimum atomic E-state index is -1.58. The zero-order chi connectivity index (χ0) is 26.8. The van der Waals surface area contributed by atoms with Crippen LogP contribution in [-0.2, 0) is 15.1 Å². The first-order chi connectivity index (χ1) is 17.7. The number of alkyl carbamates (subject to hydrolysis) is 1. The summed E-state index contributed by atoms with van der Waals surface area (Å²) in [5, 5.41) is 17.3. The van der Waals surface area contributed by atoms with E-state index in [-0.39, 0.29) is 48.3 Å². The number of likely N-dealkylation sites (tertiary alicyclic amines) is 1. The van der Waals surface area contributed by atoms with Crippen LogP contribution >= 0.6 is 11.6 Å². The summed E-state index contributed by atoms with van der Waals surface area (Å²) < 4.78 is 25.4. The highest BCUT2D eigenvalue weighted by molar-refractivity contribution is 6.30. The number of rotatable bonds is 10. The minimum Gasteiger partial charge on any atom is -0.453 e. The van der Waals surface area contributed by atoms with Crippen molar-refractivity contribution in [3.8, 4) is 0 Å². The number of hydrogen-bond donors (Lipinski definition) is 4. The highest BCUT2D eigenvalue weighted by atomic mass is 35.5. The summed E-state index contributed by atoms with van der Waals surface area (Å²) in [6.45, 7) is 2.11. The molecule has 2 fully saturated rings. The zero-order valence-electron chi connectivity index (χ0n) is 21.5. The molecule has 0 bridgehead atoms. The van der Waals surface area contributed by atoms with Crippen molar-refractivity contribution >= 4 is 23.7 Å². The van der Waals surface area contributed by atoms with Crippen molar-refractivity contribution < 1.29 is 28.6 Å². The second kappa shape index (κ2) is 14.1. The molecule has 5 N–H and O–H groups in total. The number of amides is 3. The maximum absolute atomic E-state index is 15.1. The van der Waals surface area contributed by atoms with Crippen molar-refractivity contribution in [3.63, 3.8) is 0 Å². The SMILES string of the molecule is COC(=O)NCCC[C@@](O)(c1cccc(Cl)c1F)[C@@H]1CCCN(C(=O)NC[C@@H](N)CC2CCCCO2)C1. The fraction of sp³-hybridized carbons (Fsp3) is 0.692. The van der Waals surface area contributed by atoms with Crippen LogP contribution in [0.15, 0.2) is 18.2 Å². The Bertz CT molecular complexity index is 904. The Balaban J connectivity index is 1.64. The molecule has 2 aliphatic rings. The molecule has 9 nitrogen and oxygen atoms in total. The van der Waals surface area contributed by atoms with Crippen molar-refractivity contribution in [3.05, 3.63) is 34.6 Å². The van der Waals surface area contributed by atoms with Crippen LogP contribution in [0.2, 0.25) is 5.02 Å². The van der Waals surface area contributed by atoms with E-state index in [2.05, 4.69) is 15.4 Å². The molecule has 1 aromatic rings. The molecule has 0 aromatic heterocycles. The van der Waals surface area contributed by atoms with E-state index in [1.165, 1.54) is 19.2 Å². The van der Waals surface area contributed by atoms with Gasteiger partial charge in [0.2, 0.25) is 0 Å². The van der Waals surface area contributed by atoms with E-state index in [1.807, 2.05) is 0 Å². The van der Waals surface area contributed by atoms with Gasteiger partial charge in [0, 0.05) is 50.3 Å². The molecule has 2 heterocycles. The van der Waals surface area contributed by atoms with Crippen LogP contribution in [0, 0.1) is 11.7 Å². The first-order valence-electron chi connectivity index (χ1n) is 13.1. The van der Waals surface area contributed by atoms with Gasteiger partial charge in [0.15, 0.2) is 0 Å². The maximum atomic E-state index is 15.1. The van der Waals surface area contributed by atoms with Crippen LogP contribution in [0.3, 0.4) is 0 Å². The number of benzene rings is 1. The van der Waals surface area contributed by atoms with E-state index in [0.717, 1.165) is 25.9 Å². The number of carbonyl (C=O) groups excluding carboxylic acids is 2. The van der Waals surface area contributed by atoms with Crippen LogP contribution in [0.5, 0.6) is 0 Å². The van der Waals surface area contributed by atoms with Gasteiger partial charge < -0.3 is 35.8 Å². The van der Waals surface area contributed by atoms with Crippen molar-refractivity contribution in [2.75, 3.05) is 39.9 Å². The van der Waals surface area contributed by atoms with Crippen LogP contribution in [-0.4, -0.2) is 74.2 Å². The number of ether oxygens (including phenoxy) is 2. The number of carbonyl (C=O) groups is 2. The molecule has 3 rings (SSSR count). The Morgan fingerprint density at radius 2 is 2.14 bits per heavy atom. The number of aliphatic hydroxyl groups is 1. The maximum Gasteiger partial charge on any atom is 0.406 e. The average molecular weight is 543 g/mol. The van der Waals surface area contributed by atoms with Gasteiger partial charge in [-0.25, -0.2) is 14.0 Å². The normalized spacial score (nSPS) is 22.6. The molecule has 0 saturated carbocycles. The molecule has 0 radical (unpaired) electrons. The van der Waals surface area contributed by atoms with Gasteiger partial charge in [0.25, 0.3) is 0 Å². The summed E-state index contributed by atoms with van der Waals surface area (Å²) >= 11 is 6.05. The summed E-state index contributed by atoms with van der Waals surface area (Å²) in [5.74, 6) is -1.10. The van der Waals surface area contributed by atoms with Gasteiger partial charge in [-0.2, -0.15) is 0 Å². The monoisotopic (exact) mass is 542 g/mol. The third kappa shape index (κ3) is 8.17. The lowest BCUT2D eigenvalue weighted by molar-refractivity contribution is -0.0575. The van der Waals surface area contributed by atoms with E-state index in [4.69, 9.17) is 22.1 Å². The number of piperidine rings is 1. The molecule has 37 heavy (non-hydrogen) atoms. The highest BCUT2D eigenvalue weighted by Gasteiger charge is 2.43. The predicted octanol–water partition coefficient (Wildman–Crippen LogP) is 3.51. The second-order valence-corrected chi connectivity index (χ2v) is 10.4. The van der Waals surface area contributed by atoms with Crippen LogP contribution < -0.4 is 16.4 Å². The Morgan fingerprint density at radius 1 is 1.32 bits per heavy atom. The molecule has 2 aliphatic heterocycles. The Labute approximate surface area is 223 Å². The molecule has 1 unspecified atom stereocenters. The van der Waals surface area contributed by atoms with E-state index in [9.17, 15) is 14.7 Å². The largest absolute Gasteiger partial charge is 0.453 e. The Kier molecular flexibility index (Phi) is 11.2. The lowest BCUT2D eigenvalue weighted by Gasteiger charge is -2.43. The van der Waals surface area contributed by atoms with Crippen molar-refractivity contribution in [2.24, 2.45) is 11.7 Å². The third-order valence-electron chi connectivity index (χ3n) is 7.35. The minimum absolute atomic E-state index is 0.0787. The molecule has 2 saturated heterocycles. The molecular weight excluding hydrogens is 503 g/mol. The van der Waals surface area contributed by atoms with Gasteiger partial charge in [0.05, 0.1) is 23.8 Å². The Morgan fingerprint density at radius 3 is 2.86 bits per heavy atom. The van der Waals surface area contributed by atoms with Gasteiger partial charge in [-0.15, -0.1) is 0 Å². The molecule has 0 aliphatic carbocycles. The molecule has 4 atom stereocenters. The Hall–Kier alpha value is -2.14. The summed E-state index contributed by atoms with van der Waals surface area (Å²) in [5.41, 5.74) is 4.75. The molecule has 11 heteroatoms. The van der Waals surface area contributed by atoms with Crippen LogP contribution in [0.4, 0.5) is 14.0 Å². The van der Waals surface area contributed by atoms with Crippen molar-refractivity contribution in [1.29, 1.82) is 0 Å². The fourth-order valence-corrected chi connectivity index (χ4v) is 5.49. The predicted molar refractivity (Wildman–Crippen MR) is 139 cm³/mol. The third-order valence-corrected chi connectivity index (χ3v) is 7.64. The van der Waals surface area contributed by atoms with Crippen LogP contribution in [0.1, 0.15) is 56.9 Å². The number of hydrogen-bond acceptors (Lipinski definition) is 6. The summed E-state index contributed by atoms with van der Waals surface area (Å²) in [6.07, 6.45) is 5.25. The number of nitrogens with zero attached hydrogens (tertiary/aromatic N) is 1. The summed E-state index contributed by atoms with van der Waals surface area (Å²) in [4.78, 5) is 26.0. The van der Waals surface area contributed by atoms with Gasteiger partial charge in [-0.3, -0.25) is 0 Å². The summed E-state index contributed by atoms with van der Waals surface area (Å²) in [6, 6.07) is 4.09. The quantitative estimate of drug-likeness (QED) is 0.335. The molecular formula is C26H40ClFN4O5. The topological polar surface area (TPSA) is 126 Å². The van der Waals surface area contributed by atoms with Crippen molar-refractivity contribution in [2.45, 2.75) is 69.1 Å². The number of urea groups is 1. The van der Waals surface area contributed by atoms with E-state index >= 15 is 4.39 Å². The smallest absolute Gasteiger partial charge is 0.406 e. The average Bonchev–Trinajstić information content (AvgIpc) is 2.91. The van der Waals surface area contributed by atoms with E-state index < -0.39 is 23.4 Å². The van der Waals surface area contributed by atoms with Gasteiger partial charge >= 0.3 is 12.1 Å². The lowest BCUT2D eigenvalue weighted by atomic mass is 9.74. The number of halogens is 2. The fourth-order valence-electron chi connectivity index (χ4n) is 5.31. The molecule has 1 aromatic carbocycles. The van der Waals surface area contributed by atoms with E-state index in [0.29, 0.717) is 38.8 Å².